The molecule has 0 aliphatic heterocycles. The molecule has 0 fully saturated rings. The molecule has 1 N–H and O–H groups in total. The number of carbonyl (C=O) groups excluding carboxylic acids is 2. The Balaban J connectivity index is 4.04. The number of methoxy groups -OCH3 is 1. The summed E-state index contributed by atoms with van der Waals surface area (Å²) in [6, 6.07) is 0. The van der Waals surface area contributed by atoms with Gasteiger partial charge in [0.05, 0.1) is 7.11 Å². The van der Waals surface area contributed by atoms with E-state index in [9.17, 15) is 14.4 Å². The first-order valence-electron chi connectivity index (χ1n) is 7.75. The third-order valence-electron chi connectivity index (χ3n) is 3.21. The second-order valence-electron chi connectivity index (χ2n) is 5.07. The minimum absolute atomic E-state index is 0.0700. The molecule has 0 amide bonds. The fourth-order valence-corrected chi connectivity index (χ4v) is 1.93. The van der Waals surface area contributed by atoms with Crippen LogP contribution in [0.3, 0.4) is 0 Å². The Bertz CT molecular complexity index is 421. The Hall–Kier alpha value is -1.91. The molecule has 0 spiro atoms. The molecule has 0 atom stereocenters. The van der Waals surface area contributed by atoms with E-state index in [2.05, 4.69) is 11.7 Å². The number of allylic oxidation sites excluding steroid dienone is 3. The molecular weight excluding hydrogens is 284 g/mol. The summed E-state index contributed by atoms with van der Waals surface area (Å²) in [7, 11) is 1.11. The quantitative estimate of drug-likeness (QED) is 0.149. The van der Waals surface area contributed by atoms with Crippen molar-refractivity contribution in [2.45, 2.75) is 58.3 Å². The van der Waals surface area contributed by atoms with E-state index in [1.54, 1.807) is 0 Å². The van der Waals surface area contributed by atoms with Gasteiger partial charge >= 0.3 is 11.9 Å². The third-order valence-corrected chi connectivity index (χ3v) is 3.21. The SMILES string of the molecule is CCCCCCCCCC(=O)C=CC=C(C(=O)O)C(=O)OC. The Morgan fingerprint density at radius 3 is 2.14 bits per heavy atom. The van der Waals surface area contributed by atoms with Gasteiger partial charge in [0, 0.05) is 6.42 Å². The van der Waals surface area contributed by atoms with Crippen molar-refractivity contribution < 1.29 is 24.2 Å². The van der Waals surface area contributed by atoms with Crippen molar-refractivity contribution in [1.29, 1.82) is 0 Å². The average molecular weight is 310 g/mol. The number of hydrogen-bond donors (Lipinski definition) is 1. The lowest BCUT2D eigenvalue weighted by Crippen LogP contribution is -2.13. The highest BCUT2D eigenvalue weighted by Gasteiger charge is 2.16. The zero-order valence-corrected chi connectivity index (χ0v) is 13.5. The van der Waals surface area contributed by atoms with Gasteiger partial charge in [-0.2, -0.15) is 0 Å². The van der Waals surface area contributed by atoms with Gasteiger partial charge in [-0.15, -0.1) is 0 Å². The van der Waals surface area contributed by atoms with Crippen molar-refractivity contribution in [2.24, 2.45) is 0 Å². The van der Waals surface area contributed by atoms with Crippen molar-refractivity contribution in [1.82, 2.24) is 0 Å². The second kappa shape index (κ2) is 12.8. The van der Waals surface area contributed by atoms with Gasteiger partial charge in [-0.25, -0.2) is 9.59 Å². The summed E-state index contributed by atoms with van der Waals surface area (Å²) in [4.78, 5) is 33.6. The van der Waals surface area contributed by atoms with E-state index in [-0.39, 0.29) is 5.78 Å². The molecule has 0 radical (unpaired) electrons. The van der Waals surface area contributed by atoms with Gasteiger partial charge in [-0.1, -0.05) is 51.5 Å². The van der Waals surface area contributed by atoms with Crippen molar-refractivity contribution in [3.63, 3.8) is 0 Å². The third kappa shape index (κ3) is 9.91. The lowest BCUT2D eigenvalue weighted by molar-refractivity contribution is -0.142. The number of carbonyl (C=O) groups is 3. The zero-order chi connectivity index (χ0) is 16.8. The first-order chi connectivity index (χ1) is 10.5. The van der Waals surface area contributed by atoms with Crippen LogP contribution in [-0.2, 0) is 19.1 Å². The number of hydrogen-bond acceptors (Lipinski definition) is 4. The van der Waals surface area contributed by atoms with Gasteiger partial charge in [-0.05, 0) is 18.6 Å². The Kier molecular flexibility index (Phi) is 11.7. The van der Waals surface area contributed by atoms with Crippen molar-refractivity contribution in [2.75, 3.05) is 7.11 Å². The molecule has 0 aromatic heterocycles. The number of unbranched alkanes of at least 4 members (excludes halogenated alkanes) is 6. The van der Waals surface area contributed by atoms with Crippen LogP contribution in [0.5, 0.6) is 0 Å². The molecule has 0 aliphatic carbocycles. The minimum atomic E-state index is -1.38. The summed E-state index contributed by atoms with van der Waals surface area (Å²) in [5.74, 6) is -2.38. The summed E-state index contributed by atoms with van der Waals surface area (Å²) < 4.78 is 4.34. The maximum atomic E-state index is 11.6. The normalized spacial score (nSPS) is 11.6. The zero-order valence-electron chi connectivity index (χ0n) is 13.5. The number of esters is 1. The van der Waals surface area contributed by atoms with Crippen molar-refractivity contribution in [3.8, 4) is 0 Å². The van der Waals surface area contributed by atoms with Crippen LogP contribution in [0.4, 0.5) is 0 Å². The fourth-order valence-electron chi connectivity index (χ4n) is 1.93. The van der Waals surface area contributed by atoms with Crippen molar-refractivity contribution >= 4 is 17.7 Å². The second-order valence-corrected chi connectivity index (χ2v) is 5.07. The van der Waals surface area contributed by atoms with Crippen LogP contribution in [0.1, 0.15) is 58.3 Å². The summed E-state index contributed by atoms with van der Waals surface area (Å²) in [6.07, 6.45) is 12.1. The molecule has 5 nitrogen and oxygen atoms in total. The topological polar surface area (TPSA) is 80.7 Å². The monoisotopic (exact) mass is 310 g/mol. The number of carboxylic acids is 1. The fraction of sp³-hybridized carbons (Fsp3) is 0.588. The van der Waals surface area contributed by atoms with Crippen LogP contribution in [0.15, 0.2) is 23.8 Å². The van der Waals surface area contributed by atoms with Gasteiger partial charge in [0.1, 0.15) is 5.57 Å². The van der Waals surface area contributed by atoms with E-state index in [0.717, 1.165) is 32.4 Å². The minimum Gasteiger partial charge on any atom is -0.477 e. The number of ether oxygens (including phenoxy) is 1. The molecule has 0 aliphatic rings. The lowest BCUT2D eigenvalue weighted by atomic mass is 10.1. The van der Waals surface area contributed by atoms with Gasteiger partial charge < -0.3 is 9.84 Å². The van der Waals surface area contributed by atoms with Crippen LogP contribution in [0.25, 0.3) is 0 Å². The summed E-state index contributed by atoms with van der Waals surface area (Å²) in [5.41, 5.74) is -0.498. The van der Waals surface area contributed by atoms with E-state index in [0.29, 0.717) is 6.42 Å². The molecule has 22 heavy (non-hydrogen) atoms. The van der Waals surface area contributed by atoms with Crippen LogP contribution in [0, 0.1) is 0 Å². The molecule has 0 bridgehead atoms. The first-order valence-corrected chi connectivity index (χ1v) is 7.75. The maximum Gasteiger partial charge on any atom is 0.345 e. The molecule has 0 saturated carbocycles. The summed E-state index contributed by atoms with van der Waals surface area (Å²) in [6.45, 7) is 2.18. The Morgan fingerprint density at radius 2 is 1.59 bits per heavy atom. The van der Waals surface area contributed by atoms with Gasteiger partial charge in [-0.3, -0.25) is 4.79 Å². The molecule has 0 heterocycles. The maximum absolute atomic E-state index is 11.6. The summed E-state index contributed by atoms with van der Waals surface area (Å²) in [5, 5.41) is 8.81. The molecule has 0 saturated heterocycles. The number of ketones is 1. The van der Waals surface area contributed by atoms with Gasteiger partial charge in [0.2, 0.25) is 0 Å². The van der Waals surface area contributed by atoms with E-state index < -0.39 is 17.5 Å². The summed E-state index contributed by atoms with van der Waals surface area (Å²) >= 11 is 0. The number of aliphatic carboxylic acids is 1. The van der Waals surface area contributed by atoms with Crippen molar-refractivity contribution in [3.05, 3.63) is 23.8 Å². The highest BCUT2D eigenvalue weighted by Crippen LogP contribution is 2.09. The van der Waals surface area contributed by atoms with E-state index >= 15 is 0 Å². The van der Waals surface area contributed by atoms with Crippen LogP contribution >= 0.6 is 0 Å². The molecule has 0 rings (SSSR count). The van der Waals surface area contributed by atoms with Crippen LogP contribution in [0.2, 0.25) is 0 Å². The standard InChI is InChI=1S/C17H26O5/c1-3-4-5-6-7-8-9-11-14(18)12-10-13-15(16(19)20)17(21)22-2/h10,12-13H,3-9,11H2,1-2H3,(H,19,20). The number of rotatable bonds is 12. The largest absolute Gasteiger partial charge is 0.477 e. The Labute approximate surface area is 132 Å². The van der Waals surface area contributed by atoms with Crippen LogP contribution < -0.4 is 0 Å². The van der Waals surface area contributed by atoms with Crippen LogP contribution in [-0.4, -0.2) is 29.9 Å². The molecule has 0 aromatic rings. The lowest BCUT2D eigenvalue weighted by Gasteiger charge is -1.99. The highest BCUT2D eigenvalue weighted by molar-refractivity contribution is 6.13. The number of carboxylic acid groups (broad SMARTS) is 1. The first kappa shape index (κ1) is 20.1. The molecule has 0 unspecified atom stereocenters. The predicted molar refractivity (Wildman–Crippen MR) is 84.5 cm³/mol. The molecule has 0 aromatic carbocycles. The van der Waals surface area contributed by atoms with E-state index in [1.165, 1.54) is 37.8 Å². The smallest absolute Gasteiger partial charge is 0.345 e. The average Bonchev–Trinajstić information content (AvgIpc) is 2.49. The molecule has 5 heteroatoms. The van der Waals surface area contributed by atoms with E-state index in [1.807, 2.05) is 0 Å². The highest BCUT2D eigenvalue weighted by atomic mass is 16.5. The molecule has 124 valence electrons. The van der Waals surface area contributed by atoms with E-state index in [4.69, 9.17) is 5.11 Å². The molecular formula is C17H26O5. The van der Waals surface area contributed by atoms with Gasteiger partial charge in [0.15, 0.2) is 5.78 Å². The van der Waals surface area contributed by atoms with Gasteiger partial charge in [0.25, 0.3) is 0 Å². The predicted octanol–water partition coefficient (Wildman–Crippen LogP) is 3.44. The Morgan fingerprint density at radius 1 is 1.00 bits per heavy atom.